The number of nitrogens with one attached hydrogen (secondary N) is 1. The van der Waals surface area contributed by atoms with E-state index in [9.17, 15) is 9.59 Å². The summed E-state index contributed by atoms with van der Waals surface area (Å²) < 4.78 is 16.2. The Kier molecular flexibility index (Phi) is 7.98. The fraction of sp³-hybridized carbons (Fsp3) is 0.355. The van der Waals surface area contributed by atoms with Crippen molar-refractivity contribution in [3.05, 3.63) is 82.4 Å². The van der Waals surface area contributed by atoms with Gasteiger partial charge in [-0.15, -0.1) is 0 Å². The number of carbonyl (C=O) groups excluding carboxylic acids is 2. The molecule has 8 heteroatoms. The molecular formula is C31H33ClN2O5. The molecule has 1 aliphatic carbocycles. The Labute approximate surface area is 234 Å². The predicted octanol–water partition coefficient (Wildman–Crippen LogP) is 6.62. The van der Waals surface area contributed by atoms with Gasteiger partial charge in [0, 0.05) is 17.7 Å². The second-order valence-corrected chi connectivity index (χ2v) is 10.4. The molecule has 0 spiro atoms. The number of hydrogen-bond donors (Lipinski definition) is 1. The number of benzene rings is 3. The van der Waals surface area contributed by atoms with Gasteiger partial charge >= 0.3 is 0 Å². The van der Waals surface area contributed by atoms with E-state index in [1.807, 2.05) is 53.4 Å². The first-order valence-electron chi connectivity index (χ1n) is 13.2. The van der Waals surface area contributed by atoms with Crippen LogP contribution in [-0.4, -0.2) is 44.1 Å². The number of hydrogen-bond acceptors (Lipinski definition) is 5. The molecular weight excluding hydrogens is 516 g/mol. The van der Waals surface area contributed by atoms with Gasteiger partial charge in [-0.3, -0.25) is 9.59 Å². The molecule has 0 unspecified atom stereocenters. The van der Waals surface area contributed by atoms with Crippen LogP contribution in [0.15, 0.2) is 60.7 Å². The first-order chi connectivity index (χ1) is 19.0. The average Bonchev–Trinajstić information content (AvgIpc) is 2.97. The van der Waals surface area contributed by atoms with Gasteiger partial charge in [0.2, 0.25) is 5.91 Å². The summed E-state index contributed by atoms with van der Waals surface area (Å²) in [6.45, 7) is 0. The molecule has 1 fully saturated rings. The molecule has 3 aromatic carbocycles. The highest BCUT2D eigenvalue weighted by molar-refractivity contribution is 6.32. The maximum absolute atomic E-state index is 14.3. The highest BCUT2D eigenvalue weighted by atomic mass is 35.5. The van der Waals surface area contributed by atoms with Gasteiger partial charge in [-0.05, 0) is 48.2 Å². The van der Waals surface area contributed by atoms with Crippen LogP contribution in [0.3, 0.4) is 0 Å². The number of halogens is 1. The number of nitrogens with zero attached hydrogens (tertiary/aromatic N) is 1. The number of ether oxygens (including phenoxy) is 3. The largest absolute Gasteiger partial charge is 0.497 e. The van der Waals surface area contributed by atoms with E-state index in [1.54, 1.807) is 19.2 Å². The molecule has 5 rings (SSSR count). The number of fused-ring (bicyclic) bond motifs is 1. The lowest BCUT2D eigenvalue weighted by Gasteiger charge is -2.46. The minimum absolute atomic E-state index is 0.0348. The van der Waals surface area contributed by atoms with Crippen molar-refractivity contribution >= 4 is 29.1 Å². The van der Waals surface area contributed by atoms with Crippen LogP contribution in [-0.2, 0) is 4.79 Å². The van der Waals surface area contributed by atoms with E-state index in [2.05, 4.69) is 5.32 Å². The van der Waals surface area contributed by atoms with E-state index >= 15 is 0 Å². The van der Waals surface area contributed by atoms with Gasteiger partial charge in [0.1, 0.15) is 17.2 Å². The molecule has 0 bridgehead atoms. The molecule has 2 amide bonds. The second kappa shape index (κ2) is 11.6. The molecule has 2 aliphatic rings. The van der Waals surface area contributed by atoms with Crippen LogP contribution >= 0.6 is 11.6 Å². The van der Waals surface area contributed by atoms with Crippen molar-refractivity contribution in [1.29, 1.82) is 0 Å². The Hall–Kier alpha value is -3.71. The highest BCUT2D eigenvalue weighted by Gasteiger charge is 2.46. The van der Waals surface area contributed by atoms with Crippen LogP contribution in [0.2, 0.25) is 5.02 Å². The molecule has 2 atom stereocenters. The topological polar surface area (TPSA) is 77.1 Å². The molecule has 1 saturated carbocycles. The van der Waals surface area contributed by atoms with E-state index < -0.39 is 12.0 Å². The molecule has 0 saturated heterocycles. The fourth-order valence-corrected chi connectivity index (χ4v) is 6.16. The van der Waals surface area contributed by atoms with E-state index in [-0.39, 0.29) is 17.9 Å². The maximum Gasteiger partial charge on any atom is 0.254 e. The first-order valence-corrected chi connectivity index (χ1v) is 13.6. The Morgan fingerprint density at radius 3 is 2.26 bits per heavy atom. The summed E-state index contributed by atoms with van der Waals surface area (Å²) >= 11 is 6.41. The molecule has 204 valence electrons. The zero-order valence-corrected chi connectivity index (χ0v) is 23.2. The molecule has 0 aromatic heterocycles. The summed E-state index contributed by atoms with van der Waals surface area (Å²) in [5.41, 5.74) is 2.57. The Morgan fingerprint density at radius 1 is 0.897 bits per heavy atom. The fourth-order valence-electron chi connectivity index (χ4n) is 5.92. The van der Waals surface area contributed by atoms with Gasteiger partial charge in [-0.2, -0.15) is 0 Å². The van der Waals surface area contributed by atoms with E-state index in [4.69, 9.17) is 25.8 Å². The number of amides is 2. The highest BCUT2D eigenvalue weighted by Crippen LogP contribution is 2.47. The quantitative estimate of drug-likeness (QED) is 0.359. The second-order valence-electron chi connectivity index (χ2n) is 9.96. The SMILES string of the molecule is COc1ccc([C@H]2[C@@H](C(=O)Nc3cc(Cl)c(OC)cc3OC)c3ccccc3C(=O)N2C2CCCCC2)cc1. The lowest BCUT2D eigenvalue weighted by Crippen LogP contribution is -2.51. The van der Waals surface area contributed by atoms with Crippen molar-refractivity contribution in [2.75, 3.05) is 26.6 Å². The Morgan fingerprint density at radius 2 is 1.59 bits per heavy atom. The van der Waals surface area contributed by atoms with Crippen LogP contribution in [0.5, 0.6) is 17.2 Å². The lowest BCUT2D eigenvalue weighted by atomic mass is 9.77. The van der Waals surface area contributed by atoms with Gasteiger partial charge < -0.3 is 24.4 Å². The van der Waals surface area contributed by atoms with Crippen molar-refractivity contribution in [3.8, 4) is 17.2 Å². The number of carbonyl (C=O) groups is 2. The van der Waals surface area contributed by atoms with Crippen molar-refractivity contribution in [3.63, 3.8) is 0 Å². The van der Waals surface area contributed by atoms with Gasteiger partial charge in [0.05, 0.1) is 44.0 Å². The number of rotatable bonds is 7. The molecule has 1 aliphatic heterocycles. The third-order valence-electron chi connectivity index (χ3n) is 7.82. The number of anilines is 1. The molecule has 7 nitrogen and oxygen atoms in total. The summed E-state index contributed by atoms with van der Waals surface area (Å²) in [7, 11) is 4.67. The summed E-state index contributed by atoms with van der Waals surface area (Å²) in [5.74, 6) is 0.627. The maximum atomic E-state index is 14.3. The zero-order valence-electron chi connectivity index (χ0n) is 22.4. The Bertz CT molecular complexity index is 1350. The first kappa shape index (κ1) is 26.9. The van der Waals surface area contributed by atoms with Crippen molar-refractivity contribution < 1.29 is 23.8 Å². The van der Waals surface area contributed by atoms with E-state index in [1.165, 1.54) is 14.2 Å². The molecule has 1 N–H and O–H groups in total. The van der Waals surface area contributed by atoms with Crippen molar-refractivity contribution in [1.82, 2.24) is 4.90 Å². The lowest BCUT2D eigenvalue weighted by molar-refractivity contribution is -0.119. The van der Waals surface area contributed by atoms with Crippen molar-refractivity contribution in [2.45, 2.75) is 50.1 Å². The van der Waals surface area contributed by atoms with Gasteiger partial charge in [0.15, 0.2) is 0 Å². The Balaban J connectivity index is 1.63. The third kappa shape index (κ3) is 5.15. The van der Waals surface area contributed by atoms with Crippen LogP contribution < -0.4 is 19.5 Å². The minimum Gasteiger partial charge on any atom is -0.497 e. The van der Waals surface area contributed by atoms with Crippen molar-refractivity contribution in [2.24, 2.45) is 0 Å². The average molecular weight is 549 g/mol. The summed E-state index contributed by atoms with van der Waals surface area (Å²) in [5, 5.41) is 3.41. The smallest absolute Gasteiger partial charge is 0.254 e. The molecule has 3 aromatic rings. The zero-order chi connectivity index (χ0) is 27.5. The predicted molar refractivity (Wildman–Crippen MR) is 151 cm³/mol. The van der Waals surface area contributed by atoms with Crippen LogP contribution in [0.1, 0.15) is 65.5 Å². The third-order valence-corrected chi connectivity index (χ3v) is 8.11. The summed E-state index contributed by atoms with van der Waals surface area (Å²) in [6, 6.07) is 17.9. The van der Waals surface area contributed by atoms with Crippen LogP contribution in [0.4, 0.5) is 5.69 Å². The van der Waals surface area contributed by atoms with Crippen LogP contribution in [0, 0.1) is 0 Å². The van der Waals surface area contributed by atoms with E-state index in [0.29, 0.717) is 39.1 Å². The minimum atomic E-state index is -0.667. The van der Waals surface area contributed by atoms with E-state index in [0.717, 1.165) is 37.7 Å². The van der Waals surface area contributed by atoms with Gasteiger partial charge in [-0.25, -0.2) is 0 Å². The molecule has 1 heterocycles. The normalized spacial score (nSPS) is 19.3. The summed E-state index contributed by atoms with van der Waals surface area (Å²) in [6.07, 6.45) is 5.10. The molecule has 0 radical (unpaired) electrons. The van der Waals surface area contributed by atoms with Crippen LogP contribution in [0.25, 0.3) is 0 Å². The van der Waals surface area contributed by atoms with Gasteiger partial charge in [-0.1, -0.05) is 61.2 Å². The standard InChI is InChI=1S/C31H33ClN2O5/c1-37-21-15-13-19(14-16-21)29-28(30(35)33-25-17-24(32)26(38-2)18-27(25)39-3)22-11-7-8-12-23(22)31(36)34(29)20-9-5-4-6-10-20/h7-8,11-18,20,28-29H,4-6,9-10H2,1-3H3,(H,33,35)/t28-,29-/m0/s1. The monoisotopic (exact) mass is 548 g/mol. The summed E-state index contributed by atoms with van der Waals surface area (Å²) in [4.78, 5) is 30.3. The number of methoxy groups -OCH3 is 3. The van der Waals surface area contributed by atoms with Gasteiger partial charge in [0.25, 0.3) is 5.91 Å². The molecule has 39 heavy (non-hydrogen) atoms.